The van der Waals surface area contributed by atoms with E-state index in [1.54, 1.807) is 6.07 Å². The van der Waals surface area contributed by atoms with Gasteiger partial charge < -0.3 is 15.7 Å². The van der Waals surface area contributed by atoms with E-state index in [-0.39, 0.29) is 6.54 Å². The normalized spacial score (nSPS) is 11.7. The Morgan fingerprint density at radius 3 is 2.78 bits per heavy atom. The number of halogens is 2. The summed E-state index contributed by atoms with van der Waals surface area (Å²) in [7, 11) is 0. The molecule has 0 aliphatic carbocycles. The number of hydrogen-bond acceptors (Lipinski definition) is 2. The van der Waals surface area contributed by atoms with Crippen LogP contribution in [0.15, 0.2) is 22.7 Å². The molecule has 1 rings (SSSR count). The van der Waals surface area contributed by atoms with E-state index in [1.165, 1.54) is 19.1 Å². The number of amides is 2. The average Bonchev–Trinajstić information content (AvgIpc) is 2.30. The first-order chi connectivity index (χ1) is 8.40. The number of carboxylic acid groups (broad SMARTS) is 1. The second-order valence-corrected chi connectivity index (χ2v) is 4.54. The van der Waals surface area contributed by atoms with Crippen molar-refractivity contribution in [3.8, 4) is 0 Å². The summed E-state index contributed by atoms with van der Waals surface area (Å²) < 4.78 is 14.0. The van der Waals surface area contributed by atoms with Crippen molar-refractivity contribution >= 4 is 27.9 Å². The minimum atomic E-state index is -1.14. The number of carbonyl (C=O) groups excluding carboxylic acids is 1. The van der Waals surface area contributed by atoms with Crippen LogP contribution in [-0.4, -0.2) is 23.1 Å². The van der Waals surface area contributed by atoms with E-state index in [2.05, 4.69) is 26.6 Å². The second-order valence-electron chi connectivity index (χ2n) is 3.62. The highest BCUT2D eigenvalue weighted by Crippen LogP contribution is 2.15. The van der Waals surface area contributed by atoms with E-state index in [9.17, 15) is 14.0 Å². The van der Waals surface area contributed by atoms with Gasteiger partial charge in [0, 0.05) is 16.6 Å². The quantitative estimate of drug-likeness (QED) is 0.793. The van der Waals surface area contributed by atoms with E-state index >= 15 is 0 Å². The lowest BCUT2D eigenvalue weighted by atomic mass is 10.2. The molecular formula is C11H12BrFN2O3. The predicted molar refractivity (Wildman–Crippen MR) is 66.6 cm³/mol. The molecule has 0 saturated heterocycles. The van der Waals surface area contributed by atoms with Gasteiger partial charge in [0.2, 0.25) is 0 Å². The summed E-state index contributed by atoms with van der Waals surface area (Å²) in [5.41, 5.74) is 0.308. The number of hydrogen-bond donors (Lipinski definition) is 3. The van der Waals surface area contributed by atoms with Crippen molar-refractivity contribution < 1.29 is 19.1 Å². The molecular weight excluding hydrogens is 307 g/mol. The summed E-state index contributed by atoms with van der Waals surface area (Å²) in [5.74, 6) is -1.58. The van der Waals surface area contributed by atoms with Gasteiger partial charge in [-0.3, -0.25) is 4.79 Å². The maximum atomic E-state index is 13.3. The Hall–Kier alpha value is -1.63. The summed E-state index contributed by atoms with van der Waals surface area (Å²) in [5, 5.41) is 13.2. The third-order valence-corrected chi connectivity index (χ3v) is 2.66. The molecule has 5 nitrogen and oxygen atoms in total. The molecule has 1 atom stereocenters. The molecule has 2 amide bonds. The van der Waals surface area contributed by atoms with Crippen LogP contribution in [0.4, 0.5) is 9.18 Å². The largest absolute Gasteiger partial charge is 0.480 e. The zero-order chi connectivity index (χ0) is 13.7. The van der Waals surface area contributed by atoms with Crippen molar-refractivity contribution in [1.82, 2.24) is 10.6 Å². The maximum absolute atomic E-state index is 13.3. The molecule has 18 heavy (non-hydrogen) atoms. The standard InChI is InChI=1S/C11H12BrFN2O3/c1-6(10(16)17)15-11(18)14-5-7-4-8(12)2-3-9(7)13/h2-4,6H,5H2,1H3,(H,16,17)(H2,14,15,18). The monoisotopic (exact) mass is 318 g/mol. The van der Waals surface area contributed by atoms with Crippen LogP contribution in [-0.2, 0) is 11.3 Å². The third-order valence-electron chi connectivity index (χ3n) is 2.17. The minimum absolute atomic E-state index is 0.0244. The van der Waals surface area contributed by atoms with Crippen LogP contribution in [0.3, 0.4) is 0 Å². The van der Waals surface area contributed by atoms with Crippen LogP contribution < -0.4 is 10.6 Å². The van der Waals surface area contributed by atoms with Crippen LogP contribution >= 0.6 is 15.9 Å². The fourth-order valence-corrected chi connectivity index (χ4v) is 1.57. The van der Waals surface area contributed by atoms with Crippen molar-refractivity contribution in [2.24, 2.45) is 0 Å². The number of carboxylic acids is 1. The maximum Gasteiger partial charge on any atom is 0.325 e. The predicted octanol–water partition coefficient (Wildman–Crippen LogP) is 1.86. The van der Waals surface area contributed by atoms with Crippen LogP contribution in [0.25, 0.3) is 0 Å². The number of carbonyl (C=O) groups is 2. The van der Waals surface area contributed by atoms with E-state index in [4.69, 9.17) is 5.11 Å². The molecule has 0 aliphatic heterocycles. The van der Waals surface area contributed by atoms with Gasteiger partial charge in [-0.25, -0.2) is 9.18 Å². The molecule has 0 bridgehead atoms. The van der Waals surface area contributed by atoms with E-state index < -0.39 is 23.9 Å². The van der Waals surface area contributed by atoms with Gasteiger partial charge in [0.15, 0.2) is 0 Å². The number of aliphatic carboxylic acids is 1. The van der Waals surface area contributed by atoms with Gasteiger partial charge >= 0.3 is 12.0 Å². The van der Waals surface area contributed by atoms with Crippen molar-refractivity contribution in [2.45, 2.75) is 19.5 Å². The number of urea groups is 1. The molecule has 98 valence electrons. The highest BCUT2D eigenvalue weighted by molar-refractivity contribution is 9.10. The van der Waals surface area contributed by atoms with Gasteiger partial charge in [0.1, 0.15) is 11.9 Å². The molecule has 0 heterocycles. The van der Waals surface area contributed by atoms with Gasteiger partial charge in [0.25, 0.3) is 0 Å². The van der Waals surface area contributed by atoms with Crippen molar-refractivity contribution in [3.63, 3.8) is 0 Å². The Bertz CT molecular complexity index is 468. The van der Waals surface area contributed by atoms with Crippen molar-refractivity contribution in [2.75, 3.05) is 0 Å². The van der Waals surface area contributed by atoms with Crippen LogP contribution in [0.5, 0.6) is 0 Å². The SMILES string of the molecule is CC(NC(=O)NCc1cc(Br)ccc1F)C(=O)O. The summed E-state index contributed by atoms with van der Waals surface area (Å²) >= 11 is 3.19. The van der Waals surface area contributed by atoms with Gasteiger partial charge in [-0.05, 0) is 25.1 Å². The lowest BCUT2D eigenvalue weighted by molar-refractivity contribution is -0.138. The Balaban J connectivity index is 2.52. The lowest BCUT2D eigenvalue weighted by Gasteiger charge is -2.11. The van der Waals surface area contributed by atoms with E-state index in [1.807, 2.05) is 0 Å². The van der Waals surface area contributed by atoms with Gasteiger partial charge in [-0.1, -0.05) is 15.9 Å². The van der Waals surface area contributed by atoms with E-state index in [0.717, 1.165) is 0 Å². The number of benzene rings is 1. The summed E-state index contributed by atoms with van der Waals surface area (Å²) in [6.45, 7) is 1.31. The molecule has 1 aromatic rings. The highest BCUT2D eigenvalue weighted by Gasteiger charge is 2.13. The zero-order valence-electron chi connectivity index (χ0n) is 9.54. The van der Waals surface area contributed by atoms with E-state index in [0.29, 0.717) is 10.0 Å². The number of nitrogens with one attached hydrogen (secondary N) is 2. The fourth-order valence-electron chi connectivity index (χ4n) is 1.16. The molecule has 0 saturated carbocycles. The van der Waals surface area contributed by atoms with Crippen LogP contribution in [0.2, 0.25) is 0 Å². The third kappa shape index (κ3) is 4.33. The molecule has 1 unspecified atom stereocenters. The zero-order valence-corrected chi connectivity index (χ0v) is 11.1. The van der Waals surface area contributed by atoms with Gasteiger partial charge in [-0.2, -0.15) is 0 Å². The first-order valence-corrected chi connectivity index (χ1v) is 5.90. The minimum Gasteiger partial charge on any atom is -0.480 e. The summed E-state index contributed by atoms with van der Waals surface area (Å²) in [6.07, 6.45) is 0. The summed E-state index contributed by atoms with van der Waals surface area (Å²) in [6, 6.07) is 2.70. The van der Waals surface area contributed by atoms with Crippen molar-refractivity contribution in [1.29, 1.82) is 0 Å². The summed E-state index contributed by atoms with van der Waals surface area (Å²) in [4.78, 5) is 21.8. The number of rotatable bonds is 4. The van der Waals surface area contributed by atoms with Gasteiger partial charge in [0.05, 0.1) is 0 Å². The molecule has 0 aliphatic rings. The smallest absolute Gasteiger partial charge is 0.325 e. The second kappa shape index (κ2) is 6.34. The molecule has 1 aromatic carbocycles. The fraction of sp³-hybridized carbons (Fsp3) is 0.273. The van der Waals surface area contributed by atoms with Crippen LogP contribution in [0.1, 0.15) is 12.5 Å². The molecule has 0 fully saturated rings. The Kier molecular flexibility index (Phi) is 5.08. The molecule has 3 N–H and O–H groups in total. The Morgan fingerprint density at radius 1 is 1.50 bits per heavy atom. The molecule has 7 heteroatoms. The molecule has 0 spiro atoms. The average molecular weight is 319 g/mol. The van der Waals surface area contributed by atoms with Crippen LogP contribution in [0, 0.1) is 5.82 Å². The topological polar surface area (TPSA) is 78.4 Å². The van der Waals surface area contributed by atoms with Crippen molar-refractivity contribution in [3.05, 3.63) is 34.1 Å². The lowest BCUT2D eigenvalue weighted by Crippen LogP contribution is -2.44. The molecule has 0 radical (unpaired) electrons. The first kappa shape index (κ1) is 14.4. The van der Waals surface area contributed by atoms with Gasteiger partial charge in [-0.15, -0.1) is 0 Å². The first-order valence-electron chi connectivity index (χ1n) is 5.11. The highest BCUT2D eigenvalue weighted by atomic mass is 79.9. The molecule has 0 aromatic heterocycles. The Morgan fingerprint density at radius 2 is 2.17 bits per heavy atom. The Labute approximate surface area is 112 Å².